The Morgan fingerprint density at radius 3 is 2.30 bits per heavy atom. The van der Waals surface area contributed by atoms with E-state index in [1.807, 2.05) is 13.8 Å². The van der Waals surface area contributed by atoms with E-state index in [0.29, 0.717) is 42.9 Å². The Balaban J connectivity index is 2.66. The molecule has 0 aliphatic rings. The van der Waals surface area contributed by atoms with Gasteiger partial charge in [-0.2, -0.15) is 0 Å². The van der Waals surface area contributed by atoms with Gasteiger partial charge in [0.25, 0.3) is 0 Å². The van der Waals surface area contributed by atoms with Crippen LogP contribution in [0, 0.1) is 5.92 Å². The van der Waals surface area contributed by atoms with Crippen LogP contribution in [-0.4, -0.2) is 31.6 Å². The first-order valence-corrected chi connectivity index (χ1v) is 7.96. The molecule has 0 saturated heterocycles. The zero-order valence-electron chi connectivity index (χ0n) is 14.3. The molecule has 0 unspecified atom stereocenters. The van der Waals surface area contributed by atoms with Gasteiger partial charge in [-0.25, -0.2) is 0 Å². The molecule has 6 heteroatoms. The van der Waals surface area contributed by atoms with Crippen molar-refractivity contribution in [2.45, 2.75) is 34.1 Å². The number of anilines is 1. The molecule has 1 aromatic rings. The van der Waals surface area contributed by atoms with Gasteiger partial charge < -0.3 is 20.1 Å². The van der Waals surface area contributed by atoms with E-state index >= 15 is 0 Å². The molecule has 0 aliphatic carbocycles. The minimum absolute atomic E-state index is 0.471. The van der Waals surface area contributed by atoms with Crippen molar-refractivity contribution in [2.24, 2.45) is 5.92 Å². The Morgan fingerprint density at radius 1 is 1.04 bits per heavy atom. The van der Waals surface area contributed by atoms with Crippen LogP contribution in [0.3, 0.4) is 0 Å². The molecule has 0 radical (unpaired) electrons. The second-order valence-corrected chi connectivity index (χ2v) is 5.42. The van der Waals surface area contributed by atoms with E-state index in [2.05, 4.69) is 24.5 Å². The van der Waals surface area contributed by atoms with Crippen LogP contribution in [0.2, 0.25) is 0 Å². The van der Waals surface area contributed by atoms with Crippen LogP contribution in [0.1, 0.15) is 34.1 Å². The summed E-state index contributed by atoms with van der Waals surface area (Å²) >= 11 is 0. The van der Waals surface area contributed by atoms with Gasteiger partial charge in [0, 0.05) is 18.3 Å². The third-order valence-corrected chi connectivity index (χ3v) is 3.01. The molecule has 0 aliphatic heterocycles. The number of carbonyl (C=O) groups is 2. The number of hydrogen-bond acceptors (Lipinski definition) is 4. The summed E-state index contributed by atoms with van der Waals surface area (Å²) in [5.41, 5.74) is 0.487. The number of benzene rings is 1. The fraction of sp³-hybridized carbons (Fsp3) is 0.529. The number of hydrogen-bond donors (Lipinski definition) is 2. The molecule has 1 aromatic carbocycles. The third kappa shape index (κ3) is 6.59. The summed E-state index contributed by atoms with van der Waals surface area (Å²) in [5, 5.41) is 5.16. The Hall–Kier alpha value is -2.24. The monoisotopic (exact) mass is 322 g/mol. The van der Waals surface area contributed by atoms with E-state index in [0.717, 1.165) is 6.42 Å². The molecular formula is C17H26N2O4. The summed E-state index contributed by atoms with van der Waals surface area (Å²) in [5.74, 6) is 0.275. The van der Waals surface area contributed by atoms with Crippen molar-refractivity contribution in [3.05, 3.63) is 18.2 Å². The quantitative estimate of drug-likeness (QED) is 0.721. The fourth-order valence-corrected chi connectivity index (χ4v) is 1.87. The molecule has 0 spiro atoms. The lowest BCUT2D eigenvalue weighted by Gasteiger charge is -2.13. The molecule has 0 aromatic heterocycles. The van der Waals surface area contributed by atoms with E-state index in [1.54, 1.807) is 18.2 Å². The van der Waals surface area contributed by atoms with Gasteiger partial charge in [0.05, 0.1) is 13.2 Å². The van der Waals surface area contributed by atoms with Gasteiger partial charge in [-0.15, -0.1) is 0 Å². The van der Waals surface area contributed by atoms with Crippen LogP contribution in [0.15, 0.2) is 18.2 Å². The van der Waals surface area contributed by atoms with Gasteiger partial charge in [-0.3, -0.25) is 9.59 Å². The first-order chi connectivity index (χ1) is 11.0. The van der Waals surface area contributed by atoms with Crippen molar-refractivity contribution in [3.63, 3.8) is 0 Å². The SMILES string of the molecule is CCOc1ccc(NC(=O)C(=O)NCCC(C)C)cc1OCC. The van der Waals surface area contributed by atoms with E-state index in [4.69, 9.17) is 9.47 Å². The van der Waals surface area contributed by atoms with Crippen LogP contribution < -0.4 is 20.1 Å². The molecule has 0 fully saturated rings. The lowest BCUT2D eigenvalue weighted by atomic mass is 10.1. The summed E-state index contributed by atoms with van der Waals surface area (Å²) in [6.07, 6.45) is 0.830. The van der Waals surface area contributed by atoms with Crippen molar-refractivity contribution in [3.8, 4) is 11.5 Å². The van der Waals surface area contributed by atoms with Crippen LogP contribution in [0.25, 0.3) is 0 Å². The van der Waals surface area contributed by atoms with E-state index in [9.17, 15) is 9.59 Å². The van der Waals surface area contributed by atoms with Gasteiger partial charge in [0.1, 0.15) is 0 Å². The van der Waals surface area contributed by atoms with E-state index < -0.39 is 11.8 Å². The highest BCUT2D eigenvalue weighted by Crippen LogP contribution is 2.30. The summed E-state index contributed by atoms with van der Waals surface area (Å²) in [4.78, 5) is 23.6. The highest BCUT2D eigenvalue weighted by Gasteiger charge is 2.14. The summed E-state index contributed by atoms with van der Waals surface area (Å²) in [7, 11) is 0. The third-order valence-electron chi connectivity index (χ3n) is 3.01. The first kappa shape index (κ1) is 18.8. The molecule has 2 N–H and O–H groups in total. The summed E-state index contributed by atoms with van der Waals surface area (Å²) in [6, 6.07) is 5.03. The Kier molecular flexibility index (Phi) is 7.94. The molecule has 23 heavy (non-hydrogen) atoms. The predicted molar refractivity (Wildman–Crippen MR) is 89.9 cm³/mol. The number of carbonyl (C=O) groups excluding carboxylic acids is 2. The number of rotatable bonds is 8. The van der Waals surface area contributed by atoms with Crippen molar-refractivity contribution in [1.82, 2.24) is 5.32 Å². The predicted octanol–water partition coefficient (Wildman–Crippen LogP) is 2.58. The topological polar surface area (TPSA) is 76.7 Å². The van der Waals surface area contributed by atoms with E-state index in [1.165, 1.54) is 0 Å². The zero-order chi connectivity index (χ0) is 17.2. The molecule has 0 heterocycles. The molecule has 1 rings (SSSR count). The fourth-order valence-electron chi connectivity index (χ4n) is 1.87. The molecule has 128 valence electrons. The Morgan fingerprint density at radius 2 is 1.70 bits per heavy atom. The average Bonchev–Trinajstić information content (AvgIpc) is 2.49. The zero-order valence-corrected chi connectivity index (χ0v) is 14.3. The molecule has 6 nitrogen and oxygen atoms in total. The largest absolute Gasteiger partial charge is 0.490 e. The maximum Gasteiger partial charge on any atom is 0.313 e. The summed E-state index contributed by atoms with van der Waals surface area (Å²) in [6.45, 7) is 9.34. The molecule has 0 bridgehead atoms. The molecule has 0 saturated carbocycles. The number of nitrogens with one attached hydrogen (secondary N) is 2. The average molecular weight is 322 g/mol. The van der Waals surface area contributed by atoms with Crippen LogP contribution >= 0.6 is 0 Å². The van der Waals surface area contributed by atoms with Crippen LogP contribution in [-0.2, 0) is 9.59 Å². The van der Waals surface area contributed by atoms with Crippen molar-refractivity contribution in [1.29, 1.82) is 0 Å². The minimum Gasteiger partial charge on any atom is -0.490 e. The van der Waals surface area contributed by atoms with Crippen molar-refractivity contribution in [2.75, 3.05) is 25.1 Å². The normalized spacial score (nSPS) is 10.3. The second kappa shape index (κ2) is 9.71. The van der Waals surface area contributed by atoms with Crippen molar-refractivity contribution >= 4 is 17.5 Å². The molecule has 0 atom stereocenters. The van der Waals surface area contributed by atoms with Gasteiger partial charge >= 0.3 is 11.8 Å². The van der Waals surface area contributed by atoms with Gasteiger partial charge in [-0.05, 0) is 38.3 Å². The second-order valence-electron chi connectivity index (χ2n) is 5.42. The Bertz CT molecular complexity index is 529. The number of ether oxygens (including phenoxy) is 2. The first-order valence-electron chi connectivity index (χ1n) is 7.96. The smallest absolute Gasteiger partial charge is 0.313 e. The van der Waals surface area contributed by atoms with Crippen LogP contribution in [0.4, 0.5) is 5.69 Å². The maximum atomic E-state index is 11.9. The Labute approximate surface area is 137 Å². The lowest BCUT2D eigenvalue weighted by molar-refractivity contribution is -0.136. The summed E-state index contributed by atoms with van der Waals surface area (Å²) < 4.78 is 10.9. The maximum absolute atomic E-state index is 11.9. The molecule has 2 amide bonds. The minimum atomic E-state index is -0.694. The van der Waals surface area contributed by atoms with Crippen molar-refractivity contribution < 1.29 is 19.1 Å². The van der Waals surface area contributed by atoms with Crippen LogP contribution in [0.5, 0.6) is 11.5 Å². The van der Waals surface area contributed by atoms with Gasteiger partial charge in [-0.1, -0.05) is 13.8 Å². The van der Waals surface area contributed by atoms with Gasteiger partial charge in [0.15, 0.2) is 11.5 Å². The lowest BCUT2D eigenvalue weighted by Crippen LogP contribution is -2.36. The van der Waals surface area contributed by atoms with Gasteiger partial charge in [0.2, 0.25) is 0 Å². The highest BCUT2D eigenvalue weighted by molar-refractivity contribution is 6.39. The number of amides is 2. The standard InChI is InChI=1S/C17H26N2O4/c1-5-22-14-8-7-13(11-15(14)23-6-2)19-17(21)16(20)18-10-9-12(3)4/h7-8,11-12H,5-6,9-10H2,1-4H3,(H,18,20)(H,19,21). The van der Waals surface area contributed by atoms with E-state index in [-0.39, 0.29) is 0 Å². The molecular weight excluding hydrogens is 296 g/mol. The highest BCUT2D eigenvalue weighted by atomic mass is 16.5.